The summed E-state index contributed by atoms with van der Waals surface area (Å²) < 4.78 is 13.6. The summed E-state index contributed by atoms with van der Waals surface area (Å²) in [6.07, 6.45) is 7.95. The van der Waals surface area contributed by atoms with Gasteiger partial charge in [0.05, 0.1) is 12.1 Å². The van der Waals surface area contributed by atoms with Crippen LogP contribution in [0.5, 0.6) is 0 Å². The smallest absolute Gasteiger partial charge is 0.254 e. The highest BCUT2D eigenvalue weighted by Gasteiger charge is 2.25. The van der Waals surface area contributed by atoms with Crippen LogP contribution in [-0.2, 0) is 9.59 Å². The lowest BCUT2D eigenvalue weighted by Crippen LogP contribution is -2.52. The van der Waals surface area contributed by atoms with E-state index in [-0.39, 0.29) is 23.9 Å². The Morgan fingerprint density at radius 2 is 1.55 bits per heavy atom. The summed E-state index contributed by atoms with van der Waals surface area (Å²) in [5.41, 5.74) is -0.0753. The second-order valence-corrected chi connectivity index (χ2v) is 7.97. The maximum atomic E-state index is 13.6. The third kappa shape index (κ3) is 6.02. The molecule has 7 heteroatoms. The molecular formula is C22H30FN3O3. The number of hydrogen-bond donors (Lipinski definition) is 1. The van der Waals surface area contributed by atoms with Crippen LogP contribution in [0.4, 0.5) is 4.39 Å². The second kappa shape index (κ2) is 10.4. The van der Waals surface area contributed by atoms with Gasteiger partial charge >= 0.3 is 0 Å². The highest BCUT2D eigenvalue weighted by atomic mass is 19.1. The topological polar surface area (TPSA) is 69.7 Å². The number of carbonyl (C=O) groups is 3. The van der Waals surface area contributed by atoms with Crippen LogP contribution in [0.25, 0.3) is 0 Å². The summed E-state index contributed by atoms with van der Waals surface area (Å²) in [5, 5.41) is 2.48. The van der Waals surface area contributed by atoms with Crippen molar-refractivity contribution in [2.45, 2.75) is 44.9 Å². The molecule has 1 aromatic rings. The molecule has 1 saturated carbocycles. The van der Waals surface area contributed by atoms with Crippen molar-refractivity contribution in [1.29, 1.82) is 0 Å². The first kappa shape index (κ1) is 21.3. The molecule has 1 saturated heterocycles. The first-order valence-electron chi connectivity index (χ1n) is 10.6. The summed E-state index contributed by atoms with van der Waals surface area (Å²) in [5.74, 6) is -0.570. The lowest BCUT2D eigenvalue weighted by atomic mass is 9.86. The highest BCUT2D eigenvalue weighted by Crippen LogP contribution is 2.27. The molecule has 1 aliphatic carbocycles. The van der Waals surface area contributed by atoms with E-state index >= 15 is 0 Å². The van der Waals surface area contributed by atoms with Crippen LogP contribution >= 0.6 is 0 Å². The zero-order valence-corrected chi connectivity index (χ0v) is 16.9. The van der Waals surface area contributed by atoms with E-state index in [2.05, 4.69) is 5.32 Å². The van der Waals surface area contributed by atoms with Gasteiger partial charge < -0.3 is 15.1 Å². The number of halogens is 1. The van der Waals surface area contributed by atoms with Gasteiger partial charge in [0, 0.05) is 32.6 Å². The lowest BCUT2D eigenvalue weighted by Gasteiger charge is -2.35. The van der Waals surface area contributed by atoms with Crippen molar-refractivity contribution in [3.05, 3.63) is 35.6 Å². The van der Waals surface area contributed by atoms with Gasteiger partial charge in [-0.1, -0.05) is 44.2 Å². The van der Waals surface area contributed by atoms with Crippen molar-refractivity contribution in [2.75, 3.05) is 32.7 Å². The van der Waals surface area contributed by atoms with Gasteiger partial charge in [-0.15, -0.1) is 0 Å². The number of piperazine rings is 1. The lowest BCUT2D eigenvalue weighted by molar-refractivity contribution is -0.139. The first-order valence-corrected chi connectivity index (χ1v) is 10.6. The van der Waals surface area contributed by atoms with Gasteiger partial charge in [0.1, 0.15) is 5.82 Å². The van der Waals surface area contributed by atoms with Crippen LogP contribution in [0, 0.1) is 11.7 Å². The van der Waals surface area contributed by atoms with Gasteiger partial charge in [0.2, 0.25) is 11.8 Å². The fraction of sp³-hybridized carbons (Fsp3) is 0.591. The molecule has 0 aromatic heterocycles. The van der Waals surface area contributed by atoms with E-state index in [4.69, 9.17) is 0 Å². The molecule has 2 aliphatic rings. The number of carbonyl (C=O) groups excluding carboxylic acids is 3. The van der Waals surface area contributed by atoms with Crippen molar-refractivity contribution < 1.29 is 18.8 Å². The van der Waals surface area contributed by atoms with E-state index in [1.807, 2.05) is 4.90 Å². The molecule has 0 atom stereocenters. The largest absolute Gasteiger partial charge is 0.343 e. The van der Waals surface area contributed by atoms with Crippen molar-refractivity contribution >= 4 is 17.7 Å². The summed E-state index contributed by atoms with van der Waals surface area (Å²) in [4.78, 5) is 40.3. The van der Waals surface area contributed by atoms with Gasteiger partial charge in [-0.05, 0) is 24.5 Å². The molecule has 158 valence electrons. The minimum atomic E-state index is -0.613. The maximum Gasteiger partial charge on any atom is 0.254 e. The Hall–Kier alpha value is -2.44. The fourth-order valence-electron chi connectivity index (χ4n) is 4.18. The molecule has 1 heterocycles. The molecule has 0 bridgehead atoms. The molecule has 0 radical (unpaired) electrons. The third-order valence-corrected chi connectivity index (χ3v) is 5.99. The number of hydrogen-bond acceptors (Lipinski definition) is 3. The van der Waals surface area contributed by atoms with Crippen LogP contribution in [-0.4, -0.2) is 60.2 Å². The molecule has 29 heavy (non-hydrogen) atoms. The van der Waals surface area contributed by atoms with Gasteiger partial charge in [-0.2, -0.15) is 0 Å². The zero-order valence-electron chi connectivity index (χ0n) is 16.9. The zero-order chi connectivity index (χ0) is 20.6. The maximum absolute atomic E-state index is 13.6. The molecule has 3 rings (SSSR count). The van der Waals surface area contributed by atoms with Crippen LogP contribution in [0.2, 0.25) is 0 Å². The van der Waals surface area contributed by atoms with Crippen LogP contribution in [0.15, 0.2) is 24.3 Å². The third-order valence-electron chi connectivity index (χ3n) is 5.99. The Kier molecular flexibility index (Phi) is 7.61. The minimum absolute atomic E-state index is 0.0753. The van der Waals surface area contributed by atoms with Crippen molar-refractivity contribution in [1.82, 2.24) is 15.1 Å². The number of nitrogens with zero attached hydrogens (tertiary/aromatic N) is 2. The van der Waals surface area contributed by atoms with E-state index in [1.165, 1.54) is 50.3 Å². The van der Waals surface area contributed by atoms with E-state index in [0.29, 0.717) is 38.5 Å². The average molecular weight is 403 g/mol. The summed E-state index contributed by atoms with van der Waals surface area (Å²) >= 11 is 0. The van der Waals surface area contributed by atoms with Crippen molar-refractivity contribution in [2.24, 2.45) is 5.92 Å². The van der Waals surface area contributed by atoms with E-state index in [1.54, 1.807) is 11.0 Å². The molecule has 0 unspecified atom stereocenters. The summed E-state index contributed by atoms with van der Waals surface area (Å²) in [6.45, 7) is 1.79. The normalized spacial score (nSPS) is 17.8. The number of rotatable bonds is 6. The molecule has 6 nitrogen and oxygen atoms in total. The van der Waals surface area contributed by atoms with Crippen LogP contribution in [0.3, 0.4) is 0 Å². The van der Waals surface area contributed by atoms with Gasteiger partial charge in [-0.3, -0.25) is 14.4 Å². The molecule has 3 amide bonds. The SMILES string of the molecule is O=C(NCC(=O)N1CCN(C(=O)CCC2CCCCC2)CC1)c1ccccc1F. The predicted molar refractivity (Wildman–Crippen MR) is 108 cm³/mol. The van der Waals surface area contributed by atoms with Gasteiger partial charge in [-0.25, -0.2) is 4.39 Å². The fourth-order valence-corrected chi connectivity index (χ4v) is 4.18. The molecule has 2 fully saturated rings. The highest BCUT2D eigenvalue weighted by molar-refractivity contribution is 5.96. The van der Waals surface area contributed by atoms with Gasteiger partial charge in [0.15, 0.2) is 0 Å². The Morgan fingerprint density at radius 3 is 2.21 bits per heavy atom. The van der Waals surface area contributed by atoms with Crippen molar-refractivity contribution in [3.8, 4) is 0 Å². The number of amides is 3. The predicted octanol–water partition coefficient (Wildman–Crippen LogP) is 2.59. The Labute approximate surface area is 171 Å². The first-order chi connectivity index (χ1) is 14.0. The molecule has 0 spiro atoms. The van der Waals surface area contributed by atoms with Crippen molar-refractivity contribution in [3.63, 3.8) is 0 Å². The molecule has 1 aromatic carbocycles. The summed E-state index contributed by atoms with van der Waals surface area (Å²) in [7, 11) is 0. The van der Waals surface area contributed by atoms with Crippen LogP contribution in [0.1, 0.15) is 55.3 Å². The molecule has 1 N–H and O–H groups in total. The Bertz CT molecular complexity index is 726. The monoisotopic (exact) mass is 403 g/mol. The van der Waals surface area contributed by atoms with E-state index < -0.39 is 11.7 Å². The molecule has 1 aliphatic heterocycles. The number of benzene rings is 1. The van der Waals surface area contributed by atoms with E-state index in [0.717, 1.165) is 6.42 Å². The molecular weight excluding hydrogens is 373 g/mol. The van der Waals surface area contributed by atoms with Crippen LogP contribution < -0.4 is 5.32 Å². The van der Waals surface area contributed by atoms with E-state index in [9.17, 15) is 18.8 Å². The average Bonchev–Trinajstić information content (AvgIpc) is 2.76. The quantitative estimate of drug-likeness (QED) is 0.794. The Balaban J connectivity index is 1.37. The minimum Gasteiger partial charge on any atom is -0.343 e. The standard InChI is InChI=1S/C22H30FN3O3/c23-19-9-5-4-8-18(19)22(29)24-16-21(28)26-14-12-25(13-15-26)20(27)11-10-17-6-2-1-3-7-17/h4-5,8-9,17H,1-3,6-7,10-16H2,(H,24,29). The second-order valence-electron chi connectivity index (χ2n) is 7.97. The summed E-state index contributed by atoms with van der Waals surface area (Å²) in [6, 6.07) is 5.67. The van der Waals surface area contributed by atoms with Gasteiger partial charge in [0.25, 0.3) is 5.91 Å². The number of nitrogens with one attached hydrogen (secondary N) is 1. The Morgan fingerprint density at radius 1 is 0.931 bits per heavy atom.